The largest absolute Gasteiger partial charge is 4.00 e. The van der Waals surface area contributed by atoms with E-state index in [1.165, 1.54) is 58.2 Å². The molecule has 3 aromatic carbocycles. The standard InChI is InChI=1S/C21H25.C16H21.2ClH.Zr/c1-20(2,3)16-7-9-18-14(12-16)11-15-13-17(21(4,5)6)8-10-19(15)18;1-11-2-3-15(4-11)16-8-12-5-13(9-16)7-14(6-12)10-16;;;/h7-10,12H,11H2,1-6H3;2-4,12-14H,5-10H2,1H3;2*1H;/q2*-1;;;+4/p-2. The van der Waals surface area contributed by atoms with Gasteiger partial charge in [-0.2, -0.15) is 47.0 Å². The SMILES string of the molecule is CC(C)(C)c1[c-]c2c(cc1)-c1ccc(C(C)(C)C)cc1C2.Cc1cc(C23CC4CC(CC(C4)C2)C3)c[cH-]1.[Cl-].[Cl-].[Zr+4]. The van der Waals surface area contributed by atoms with E-state index >= 15 is 0 Å². The van der Waals surface area contributed by atoms with Gasteiger partial charge in [0.25, 0.3) is 0 Å². The quantitative estimate of drug-likeness (QED) is 0.275. The zero-order chi connectivity index (χ0) is 26.2. The Morgan fingerprint density at radius 3 is 1.85 bits per heavy atom. The van der Waals surface area contributed by atoms with Crippen molar-refractivity contribution in [2.45, 2.75) is 110 Å². The molecule has 0 radical (unpaired) electrons. The summed E-state index contributed by atoms with van der Waals surface area (Å²) in [6.45, 7) is 15.8. The van der Waals surface area contributed by atoms with Crippen LogP contribution in [-0.2, 0) is 48.9 Å². The predicted octanol–water partition coefficient (Wildman–Crippen LogP) is 3.84. The van der Waals surface area contributed by atoms with E-state index in [2.05, 4.69) is 103 Å². The van der Waals surface area contributed by atoms with Gasteiger partial charge in [-0.3, -0.25) is 0 Å². The van der Waals surface area contributed by atoms with Crippen molar-refractivity contribution in [3.8, 4) is 11.1 Å². The first-order chi connectivity index (χ1) is 17.4. The van der Waals surface area contributed by atoms with Crippen LogP contribution >= 0.6 is 0 Å². The monoisotopic (exact) mass is 650 g/mol. The summed E-state index contributed by atoms with van der Waals surface area (Å²) < 4.78 is 0. The van der Waals surface area contributed by atoms with E-state index in [1.807, 2.05) is 0 Å². The summed E-state index contributed by atoms with van der Waals surface area (Å²) in [5, 5.41) is 0. The van der Waals surface area contributed by atoms with Gasteiger partial charge in [-0.15, -0.1) is 11.1 Å². The number of fused-ring (bicyclic) bond motifs is 3. The minimum atomic E-state index is 0. The van der Waals surface area contributed by atoms with Crippen LogP contribution < -0.4 is 24.8 Å². The molecule has 8 rings (SSSR count). The second-order valence-corrected chi connectivity index (χ2v) is 15.2. The minimum absolute atomic E-state index is 0. The van der Waals surface area contributed by atoms with Crippen LogP contribution in [0.1, 0.15) is 113 Å². The zero-order valence-corrected chi connectivity index (χ0v) is 29.5. The Labute approximate surface area is 275 Å². The van der Waals surface area contributed by atoms with E-state index in [0.717, 1.165) is 24.2 Å². The molecule has 0 unspecified atom stereocenters. The van der Waals surface area contributed by atoms with E-state index in [0.29, 0.717) is 5.41 Å². The van der Waals surface area contributed by atoms with E-state index in [1.54, 1.807) is 24.8 Å². The maximum absolute atomic E-state index is 3.67. The summed E-state index contributed by atoms with van der Waals surface area (Å²) in [6, 6.07) is 22.4. The Morgan fingerprint density at radius 2 is 1.35 bits per heavy atom. The molecule has 0 saturated heterocycles. The Balaban J connectivity index is 0.000000210. The van der Waals surface area contributed by atoms with Crippen molar-refractivity contribution >= 4 is 0 Å². The molecule has 4 fully saturated rings. The molecule has 4 bridgehead atoms. The number of rotatable bonds is 1. The fourth-order valence-electron chi connectivity index (χ4n) is 8.38. The Hall–Kier alpha value is -0.747. The van der Waals surface area contributed by atoms with Crippen molar-refractivity contribution in [3.05, 3.63) is 88.0 Å². The Morgan fingerprint density at radius 1 is 0.775 bits per heavy atom. The van der Waals surface area contributed by atoms with Crippen LogP contribution in [0.4, 0.5) is 0 Å². The topological polar surface area (TPSA) is 0 Å². The third-order valence-electron chi connectivity index (χ3n) is 10.0. The van der Waals surface area contributed by atoms with Crippen molar-refractivity contribution < 1.29 is 51.0 Å². The fraction of sp³-hybridized carbons (Fsp3) is 0.541. The van der Waals surface area contributed by atoms with Crippen molar-refractivity contribution in [1.29, 1.82) is 0 Å². The summed E-state index contributed by atoms with van der Waals surface area (Å²) in [5.74, 6) is 3.21. The second kappa shape index (κ2) is 12.1. The van der Waals surface area contributed by atoms with Crippen LogP contribution in [0.15, 0.2) is 48.5 Å². The molecule has 0 nitrogen and oxygen atoms in total. The molecule has 0 N–H and O–H groups in total. The second-order valence-electron chi connectivity index (χ2n) is 15.2. The van der Waals surface area contributed by atoms with Gasteiger partial charge in [0.05, 0.1) is 0 Å². The molecule has 0 heterocycles. The van der Waals surface area contributed by atoms with E-state index in [-0.39, 0.29) is 61.8 Å². The Bertz CT molecular complexity index is 1220. The summed E-state index contributed by atoms with van der Waals surface area (Å²) in [4.78, 5) is 0. The average molecular weight is 653 g/mol. The molecule has 212 valence electrons. The molecular weight excluding hydrogens is 607 g/mol. The first kappa shape index (κ1) is 33.8. The van der Waals surface area contributed by atoms with Crippen LogP contribution in [0.5, 0.6) is 0 Å². The van der Waals surface area contributed by atoms with Gasteiger partial charge in [-0.25, -0.2) is 6.07 Å². The van der Waals surface area contributed by atoms with Crippen LogP contribution in [0.3, 0.4) is 0 Å². The molecule has 0 atom stereocenters. The summed E-state index contributed by atoms with van der Waals surface area (Å²) in [6.07, 6.45) is 10.2. The first-order valence-electron chi connectivity index (χ1n) is 14.8. The van der Waals surface area contributed by atoms with Crippen LogP contribution in [-0.4, -0.2) is 0 Å². The predicted molar refractivity (Wildman–Crippen MR) is 158 cm³/mol. The summed E-state index contributed by atoms with van der Waals surface area (Å²) >= 11 is 0. The van der Waals surface area contributed by atoms with Gasteiger partial charge in [0, 0.05) is 0 Å². The van der Waals surface area contributed by atoms with Gasteiger partial charge in [0.1, 0.15) is 0 Å². The normalized spacial score (nSPS) is 25.4. The van der Waals surface area contributed by atoms with Gasteiger partial charge >= 0.3 is 26.2 Å². The zero-order valence-electron chi connectivity index (χ0n) is 25.6. The first-order valence-corrected chi connectivity index (χ1v) is 14.8. The molecule has 0 spiro atoms. The van der Waals surface area contributed by atoms with Gasteiger partial charge in [-0.05, 0) is 65.4 Å². The van der Waals surface area contributed by atoms with Crippen LogP contribution in [0, 0.1) is 30.7 Å². The molecule has 3 aromatic rings. The van der Waals surface area contributed by atoms with E-state index < -0.39 is 0 Å². The molecule has 0 amide bonds. The molecular formula is C37H46Cl2Zr. The molecule has 0 aromatic heterocycles. The maximum Gasteiger partial charge on any atom is 4.00 e. The van der Waals surface area contributed by atoms with Gasteiger partial charge in [-0.1, -0.05) is 96.9 Å². The van der Waals surface area contributed by atoms with E-state index in [9.17, 15) is 0 Å². The maximum atomic E-state index is 3.67. The number of hydrogen-bond acceptors (Lipinski definition) is 0. The molecule has 40 heavy (non-hydrogen) atoms. The van der Waals surface area contributed by atoms with Crippen LogP contribution in [0.2, 0.25) is 0 Å². The number of aryl methyl sites for hydroxylation is 1. The number of hydrogen-bond donors (Lipinski definition) is 0. The Kier molecular flexibility index (Phi) is 10.2. The molecule has 5 aliphatic rings. The van der Waals surface area contributed by atoms with Gasteiger partial charge in [0.15, 0.2) is 0 Å². The minimum Gasteiger partial charge on any atom is -1.00 e. The van der Waals surface area contributed by atoms with Crippen molar-refractivity contribution in [1.82, 2.24) is 0 Å². The average Bonchev–Trinajstić information content (AvgIpc) is 3.40. The number of halogens is 2. The van der Waals surface area contributed by atoms with E-state index in [4.69, 9.17) is 0 Å². The number of benzene rings is 2. The molecule has 4 saturated carbocycles. The van der Waals surface area contributed by atoms with Crippen LogP contribution in [0.25, 0.3) is 11.1 Å². The smallest absolute Gasteiger partial charge is 1.00 e. The molecule has 3 heteroatoms. The third kappa shape index (κ3) is 6.43. The third-order valence-corrected chi connectivity index (χ3v) is 10.0. The van der Waals surface area contributed by atoms with Gasteiger partial charge in [0.2, 0.25) is 0 Å². The van der Waals surface area contributed by atoms with Crippen molar-refractivity contribution in [2.75, 3.05) is 0 Å². The summed E-state index contributed by atoms with van der Waals surface area (Å²) in [7, 11) is 0. The van der Waals surface area contributed by atoms with Crippen molar-refractivity contribution in [2.24, 2.45) is 17.8 Å². The van der Waals surface area contributed by atoms with Crippen molar-refractivity contribution in [3.63, 3.8) is 0 Å². The van der Waals surface area contributed by atoms with Gasteiger partial charge < -0.3 is 24.8 Å². The fourth-order valence-corrected chi connectivity index (χ4v) is 8.38. The molecule has 0 aliphatic heterocycles. The molecule has 5 aliphatic carbocycles. The summed E-state index contributed by atoms with van der Waals surface area (Å²) in [5.41, 5.74) is 12.5.